The summed E-state index contributed by atoms with van der Waals surface area (Å²) in [6, 6.07) is 33.1. The monoisotopic (exact) mass is 713 g/mol. The lowest BCUT2D eigenvalue weighted by Crippen LogP contribution is -2.64. The molecule has 0 aliphatic carbocycles. The Kier molecular flexibility index (Phi) is 14.2. The first kappa shape index (κ1) is 38.1. The zero-order valence-corrected chi connectivity index (χ0v) is 28.9. The van der Waals surface area contributed by atoms with Gasteiger partial charge >= 0.3 is 12.0 Å². The van der Waals surface area contributed by atoms with E-state index in [-0.39, 0.29) is 26.4 Å². The lowest BCUT2D eigenvalue weighted by atomic mass is 9.96. The number of hydrogen-bond acceptors (Lipinski definition) is 10. The number of carbonyl (C=O) groups is 2. The smallest absolute Gasteiger partial charge is 0.331 e. The number of hydrogen-bond donors (Lipinski definition) is 2. The van der Waals surface area contributed by atoms with Gasteiger partial charge < -0.3 is 39.1 Å². The maximum absolute atomic E-state index is 13.0. The molecule has 52 heavy (non-hydrogen) atoms. The van der Waals surface area contributed by atoms with Gasteiger partial charge in [0.1, 0.15) is 12.2 Å². The van der Waals surface area contributed by atoms with Gasteiger partial charge in [-0.2, -0.15) is 0 Å². The van der Waals surface area contributed by atoms with Gasteiger partial charge in [-0.1, -0.05) is 109 Å². The maximum atomic E-state index is 13.0. The van der Waals surface area contributed by atoms with E-state index in [2.05, 4.69) is 10.6 Å². The molecule has 13 heteroatoms. The summed E-state index contributed by atoms with van der Waals surface area (Å²) in [5, 5.41) is 18.2. The van der Waals surface area contributed by atoms with Crippen LogP contribution in [0, 0.1) is 10.1 Å². The van der Waals surface area contributed by atoms with Gasteiger partial charge in [0.05, 0.1) is 39.6 Å². The molecule has 0 unspecified atom stereocenters. The first-order valence-corrected chi connectivity index (χ1v) is 16.9. The van der Waals surface area contributed by atoms with Crippen LogP contribution in [0.3, 0.4) is 0 Å². The Morgan fingerprint density at radius 2 is 1.27 bits per heavy atom. The van der Waals surface area contributed by atoms with Crippen molar-refractivity contribution >= 4 is 17.7 Å². The van der Waals surface area contributed by atoms with Gasteiger partial charge in [0.2, 0.25) is 6.29 Å². The van der Waals surface area contributed by atoms with Gasteiger partial charge in [-0.05, 0) is 35.7 Å². The number of urea groups is 1. The molecule has 1 aliphatic heterocycles. The number of rotatable bonds is 17. The van der Waals surface area contributed by atoms with Gasteiger partial charge in [-0.15, -0.1) is 0 Å². The van der Waals surface area contributed by atoms with Crippen molar-refractivity contribution in [1.29, 1.82) is 0 Å². The number of amides is 2. The quantitative estimate of drug-likeness (QED) is 0.0813. The maximum Gasteiger partial charge on any atom is 0.331 e. The number of benzene rings is 4. The summed E-state index contributed by atoms with van der Waals surface area (Å²) in [4.78, 5) is 38.3. The Labute approximate surface area is 302 Å². The fourth-order valence-corrected chi connectivity index (χ4v) is 5.77. The summed E-state index contributed by atoms with van der Waals surface area (Å²) in [6.45, 7) is 1.85. The van der Waals surface area contributed by atoms with E-state index in [0.717, 1.165) is 23.8 Å². The first-order valence-electron chi connectivity index (χ1n) is 16.9. The summed E-state index contributed by atoms with van der Waals surface area (Å²) >= 11 is 0. The molecule has 1 fully saturated rings. The van der Waals surface area contributed by atoms with E-state index in [1.807, 2.05) is 91.0 Å². The highest BCUT2D eigenvalue weighted by atomic mass is 16.7. The predicted molar refractivity (Wildman–Crippen MR) is 191 cm³/mol. The number of methoxy groups -OCH3 is 1. The number of carbonyl (C=O) groups excluding carboxylic acids is 2. The Balaban J connectivity index is 1.42. The van der Waals surface area contributed by atoms with Crippen LogP contribution < -0.4 is 10.6 Å². The van der Waals surface area contributed by atoms with E-state index in [1.165, 1.54) is 6.92 Å². The number of nitro groups is 1. The fraction of sp³-hybridized carbons (Fsp3) is 0.333. The lowest BCUT2D eigenvalue weighted by Gasteiger charge is -2.43. The molecule has 1 aliphatic rings. The van der Waals surface area contributed by atoms with Crippen LogP contribution in [0.25, 0.3) is 0 Å². The van der Waals surface area contributed by atoms with E-state index in [0.29, 0.717) is 5.69 Å². The standard InChI is InChI=1S/C39H43N3O10/c1-27(33(37(43)47-2)41-39(44)40-31-21-13-6-14-22-31)51-38-34(42(45)46)36(50-25-30-19-11-5-12-20-30)35(49-24-29-17-9-4-10-18-29)32(52-38)26-48-23-28-15-7-3-8-16-28/h3-22,27,32-36,38H,23-26H2,1-2H3,(H2,40,41,44)/t27-,32-,33+,34-,35+,36-,38+/m1/s1. The van der Waals surface area contributed by atoms with E-state index in [1.54, 1.807) is 30.3 Å². The summed E-state index contributed by atoms with van der Waals surface area (Å²) in [5.41, 5.74) is 3.04. The van der Waals surface area contributed by atoms with E-state index >= 15 is 0 Å². The Hall–Kier alpha value is -5.18. The SMILES string of the molecule is COC(=O)[C@@H](NC(=O)Nc1ccccc1)[C@@H](C)O[C@H]1O[C@H](COCc2ccccc2)[C@H](OCc2ccccc2)[C@H](OCc2ccccc2)[C@H]1[N+](=O)[O-]. The van der Waals surface area contributed by atoms with Crippen molar-refractivity contribution in [3.05, 3.63) is 148 Å². The zero-order chi connectivity index (χ0) is 36.7. The summed E-state index contributed by atoms with van der Waals surface area (Å²) in [6.07, 6.45) is -5.80. The van der Waals surface area contributed by atoms with Crippen LogP contribution in [0.15, 0.2) is 121 Å². The molecule has 0 bridgehead atoms. The van der Waals surface area contributed by atoms with Gasteiger partial charge in [-0.3, -0.25) is 10.1 Å². The molecule has 274 valence electrons. The molecule has 5 rings (SSSR count). The second kappa shape index (κ2) is 19.4. The highest BCUT2D eigenvalue weighted by Crippen LogP contribution is 2.31. The fourth-order valence-electron chi connectivity index (χ4n) is 5.77. The van der Waals surface area contributed by atoms with Crippen molar-refractivity contribution in [3.8, 4) is 0 Å². The van der Waals surface area contributed by atoms with Crippen molar-refractivity contribution in [1.82, 2.24) is 5.32 Å². The minimum atomic E-state index is -1.62. The molecule has 0 spiro atoms. The van der Waals surface area contributed by atoms with Crippen LogP contribution in [0.2, 0.25) is 0 Å². The molecular weight excluding hydrogens is 670 g/mol. The molecular formula is C39H43N3O10. The Morgan fingerprint density at radius 3 is 1.79 bits per heavy atom. The van der Waals surface area contributed by atoms with E-state index in [9.17, 15) is 19.7 Å². The average Bonchev–Trinajstić information content (AvgIpc) is 3.16. The molecule has 13 nitrogen and oxygen atoms in total. The van der Waals surface area contributed by atoms with Gasteiger partial charge in [0.25, 0.3) is 6.04 Å². The largest absolute Gasteiger partial charge is 0.467 e. The molecule has 1 heterocycles. The summed E-state index contributed by atoms with van der Waals surface area (Å²) in [7, 11) is 1.16. The molecule has 4 aromatic rings. The molecule has 0 radical (unpaired) electrons. The molecule has 7 atom stereocenters. The third-order valence-corrected chi connectivity index (χ3v) is 8.41. The number of nitrogens with one attached hydrogen (secondary N) is 2. The summed E-state index contributed by atoms with van der Waals surface area (Å²) < 4.78 is 36.3. The topological polar surface area (TPSA) is 157 Å². The molecule has 0 aromatic heterocycles. The normalized spacial score (nSPS) is 21.0. The predicted octanol–water partition coefficient (Wildman–Crippen LogP) is 5.51. The van der Waals surface area contributed by atoms with Crippen LogP contribution in [-0.2, 0) is 53.0 Å². The van der Waals surface area contributed by atoms with Gasteiger partial charge in [-0.25, -0.2) is 9.59 Å². The van der Waals surface area contributed by atoms with E-state index < -0.39 is 59.7 Å². The van der Waals surface area contributed by atoms with Crippen LogP contribution in [0.1, 0.15) is 23.6 Å². The summed E-state index contributed by atoms with van der Waals surface area (Å²) in [5.74, 6) is -0.826. The number of nitrogens with zero attached hydrogens (tertiary/aromatic N) is 1. The average molecular weight is 714 g/mol. The van der Waals surface area contributed by atoms with Crippen LogP contribution in [0.4, 0.5) is 10.5 Å². The molecule has 1 saturated heterocycles. The molecule has 4 aromatic carbocycles. The minimum Gasteiger partial charge on any atom is -0.467 e. The molecule has 2 amide bonds. The second-order valence-electron chi connectivity index (χ2n) is 12.1. The Bertz CT molecular complexity index is 1680. The number of anilines is 1. The van der Waals surface area contributed by atoms with Gasteiger partial charge in [0.15, 0.2) is 12.1 Å². The van der Waals surface area contributed by atoms with Crippen molar-refractivity contribution in [2.45, 2.75) is 69.5 Å². The first-order chi connectivity index (χ1) is 25.3. The number of esters is 1. The highest BCUT2D eigenvalue weighted by molar-refractivity contribution is 5.92. The zero-order valence-electron chi connectivity index (χ0n) is 28.9. The van der Waals surface area contributed by atoms with Crippen molar-refractivity contribution in [2.75, 3.05) is 19.0 Å². The third-order valence-electron chi connectivity index (χ3n) is 8.41. The van der Waals surface area contributed by atoms with E-state index in [4.69, 9.17) is 28.4 Å². The molecule has 2 N–H and O–H groups in total. The lowest BCUT2D eigenvalue weighted by molar-refractivity contribution is -0.578. The van der Waals surface area contributed by atoms with Crippen LogP contribution >= 0.6 is 0 Å². The minimum absolute atomic E-state index is 0.0314. The van der Waals surface area contributed by atoms with Crippen molar-refractivity contribution < 1.29 is 42.9 Å². The van der Waals surface area contributed by atoms with Crippen LogP contribution in [-0.4, -0.2) is 73.4 Å². The van der Waals surface area contributed by atoms with Crippen molar-refractivity contribution in [2.24, 2.45) is 0 Å². The Morgan fingerprint density at radius 1 is 0.769 bits per heavy atom. The van der Waals surface area contributed by atoms with Crippen molar-refractivity contribution in [3.63, 3.8) is 0 Å². The highest BCUT2D eigenvalue weighted by Gasteiger charge is 2.55. The second-order valence-corrected chi connectivity index (χ2v) is 12.1. The number of para-hydroxylation sites is 1. The van der Waals surface area contributed by atoms with Crippen LogP contribution in [0.5, 0.6) is 0 Å². The molecule has 0 saturated carbocycles. The van der Waals surface area contributed by atoms with Gasteiger partial charge in [0, 0.05) is 10.6 Å². The number of ether oxygens (including phenoxy) is 6. The third kappa shape index (κ3) is 10.9.